The normalized spacial score (nSPS) is 18.8. The summed E-state index contributed by atoms with van der Waals surface area (Å²) < 4.78 is 25.0. The lowest BCUT2D eigenvalue weighted by atomic mass is 9.90. The molecular formula is C36H33NO7. The zero-order valence-corrected chi connectivity index (χ0v) is 24.7. The Morgan fingerprint density at radius 2 is 1.48 bits per heavy atom. The molecule has 1 spiro atoms. The first-order chi connectivity index (χ1) is 21.2. The van der Waals surface area contributed by atoms with Crippen LogP contribution >= 0.6 is 0 Å². The molecule has 1 amide bonds. The highest BCUT2D eigenvalue weighted by Crippen LogP contribution is 2.53. The van der Waals surface area contributed by atoms with E-state index in [4.69, 9.17) is 18.9 Å². The standard InChI is InChI=1S/C36H33NO7/c1-20-12-14-30-28(16-20)36(29-17-21(2)13-15-31(29)43-30)42-19-32(44-36)22(3)33(34(38)39)37-35(40)41-18-27-25-10-6-4-8-23(25)24-9-5-7-11-26(24)27/h4-17,22,27,32-33H,18-19H2,1-3H3,(H,37,40)(H,38,39)/t22-,32-,33-/m0/s1. The minimum atomic E-state index is -1.27. The number of hydrogen-bond donors (Lipinski definition) is 2. The van der Waals surface area contributed by atoms with Crippen molar-refractivity contribution in [1.29, 1.82) is 0 Å². The van der Waals surface area contributed by atoms with E-state index in [0.717, 1.165) is 44.5 Å². The summed E-state index contributed by atoms with van der Waals surface area (Å²) in [7, 11) is 0. The van der Waals surface area contributed by atoms with Gasteiger partial charge in [-0.25, -0.2) is 9.59 Å². The molecule has 0 saturated carbocycles. The highest BCUT2D eigenvalue weighted by Gasteiger charge is 2.53. The van der Waals surface area contributed by atoms with Gasteiger partial charge in [0.25, 0.3) is 0 Å². The Hall–Kier alpha value is -4.66. The van der Waals surface area contributed by atoms with E-state index >= 15 is 0 Å². The number of alkyl carbamates (subject to hydrolysis) is 1. The van der Waals surface area contributed by atoms with E-state index in [9.17, 15) is 14.7 Å². The van der Waals surface area contributed by atoms with Gasteiger partial charge in [-0.1, -0.05) is 78.7 Å². The molecule has 1 fully saturated rings. The van der Waals surface area contributed by atoms with E-state index in [-0.39, 0.29) is 19.1 Å². The molecule has 224 valence electrons. The maximum absolute atomic E-state index is 13.1. The molecule has 8 heteroatoms. The molecule has 4 aromatic rings. The first-order valence-corrected chi connectivity index (χ1v) is 14.8. The van der Waals surface area contributed by atoms with Gasteiger partial charge >= 0.3 is 12.1 Å². The molecule has 3 aliphatic rings. The number of ether oxygens (including phenoxy) is 4. The van der Waals surface area contributed by atoms with Gasteiger partial charge in [-0.3, -0.25) is 0 Å². The molecule has 2 aliphatic heterocycles. The molecule has 0 unspecified atom stereocenters. The van der Waals surface area contributed by atoms with Crippen molar-refractivity contribution < 1.29 is 33.6 Å². The quantitative estimate of drug-likeness (QED) is 0.259. The Kier molecular flexibility index (Phi) is 6.91. The summed E-state index contributed by atoms with van der Waals surface area (Å²) in [6.45, 7) is 5.90. The summed E-state index contributed by atoms with van der Waals surface area (Å²) in [5.41, 5.74) is 7.84. The molecule has 0 aromatic heterocycles. The zero-order valence-electron chi connectivity index (χ0n) is 24.7. The van der Waals surface area contributed by atoms with E-state index in [2.05, 4.69) is 17.4 Å². The third-order valence-corrected chi connectivity index (χ3v) is 8.96. The maximum Gasteiger partial charge on any atom is 0.407 e. The first-order valence-electron chi connectivity index (χ1n) is 14.8. The zero-order chi connectivity index (χ0) is 30.6. The molecule has 7 rings (SSSR count). The lowest BCUT2D eigenvalue weighted by Gasteiger charge is -2.36. The molecule has 8 nitrogen and oxygen atoms in total. The average Bonchev–Trinajstić information content (AvgIpc) is 3.60. The molecule has 1 saturated heterocycles. The summed E-state index contributed by atoms with van der Waals surface area (Å²) in [4.78, 5) is 25.6. The van der Waals surface area contributed by atoms with E-state index in [0.29, 0.717) is 11.5 Å². The van der Waals surface area contributed by atoms with Crippen LogP contribution in [0.15, 0.2) is 84.9 Å². The van der Waals surface area contributed by atoms with Gasteiger partial charge in [0.2, 0.25) is 5.79 Å². The number of carbonyl (C=O) groups excluding carboxylic acids is 1. The van der Waals surface area contributed by atoms with Crippen LogP contribution in [0.25, 0.3) is 11.1 Å². The molecule has 2 heterocycles. The van der Waals surface area contributed by atoms with Crippen LogP contribution in [0, 0.1) is 19.8 Å². The summed E-state index contributed by atoms with van der Waals surface area (Å²) in [6, 6.07) is 26.5. The van der Waals surface area contributed by atoms with Gasteiger partial charge in [0, 0.05) is 11.8 Å². The summed E-state index contributed by atoms with van der Waals surface area (Å²) in [5, 5.41) is 12.8. The number of aliphatic carboxylic acids is 1. The monoisotopic (exact) mass is 591 g/mol. The van der Waals surface area contributed by atoms with Crippen molar-refractivity contribution >= 4 is 12.1 Å². The van der Waals surface area contributed by atoms with Crippen molar-refractivity contribution in [2.75, 3.05) is 13.2 Å². The van der Waals surface area contributed by atoms with E-state index in [1.807, 2.05) is 86.6 Å². The van der Waals surface area contributed by atoms with Gasteiger partial charge in [0.15, 0.2) is 0 Å². The number of aryl methyl sites for hydroxylation is 2. The average molecular weight is 592 g/mol. The van der Waals surface area contributed by atoms with E-state index in [1.54, 1.807) is 6.92 Å². The van der Waals surface area contributed by atoms with Crippen molar-refractivity contribution in [2.45, 2.75) is 44.6 Å². The molecule has 4 aromatic carbocycles. The van der Waals surface area contributed by atoms with Crippen LogP contribution in [-0.4, -0.2) is 42.5 Å². The highest BCUT2D eigenvalue weighted by molar-refractivity contribution is 5.81. The van der Waals surface area contributed by atoms with Crippen LogP contribution in [-0.2, 0) is 24.8 Å². The number of hydrogen-bond acceptors (Lipinski definition) is 6. The summed E-state index contributed by atoms with van der Waals surface area (Å²) in [5.74, 6) is -2.02. The van der Waals surface area contributed by atoms with Crippen molar-refractivity contribution in [2.24, 2.45) is 5.92 Å². The van der Waals surface area contributed by atoms with Crippen LogP contribution in [0.1, 0.15) is 46.2 Å². The van der Waals surface area contributed by atoms with E-state index < -0.39 is 35.9 Å². The van der Waals surface area contributed by atoms with Crippen molar-refractivity contribution in [1.82, 2.24) is 5.32 Å². The predicted octanol–water partition coefficient (Wildman–Crippen LogP) is 6.65. The Bertz CT molecular complexity index is 1690. The predicted molar refractivity (Wildman–Crippen MR) is 163 cm³/mol. The fraction of sp³-hybridized carbons (Fsp3) is 0.278. The minimum absolute atomic E-state index is 0.0823. The second-order valence-corrected chi connectivity index (χ2v) is 11.8. The molecular weight excluding hydrogens is 558 g/mol. The fourth-order valence-electron chi connectivity index (χ4n) is 6.67. The van der Waals surface area contributed by atoms with Crippen molar-refractivity contribution in [3.05, 3.63) is 118 Å². The highest BCUT2D eigenvalue weighted by atomic mass is 16.7. The third kappa shape index (κ3) is 4.62. The Balaban J connectivity index is 1.09. The number of carboxylic acids is 1. The Labute approximate surface area is 255 Å². The molecule has 0 bridgehead atoms. The molecule has 2 N–H and O–H groups in total. The maximum atomic E-state index is 13.1. The number of benzene rings is 4. The summed E-state index contributed by atoms with van der Waals surface area (Å²) >= 11 is 0. The third-order valence-electron chi connectivity index (χ3n) is 8.96. The molecule has 0 radical (unpaired) electrons. The topological polar surface area (TPSA) is 103 Å². The van der Waals surface area contributed by atoms with Crippen LogP contribution < -0.4 is 10.1 Å². The van der Waals surface area contributed by atoms with Crippen LogP contribution in [0.3, 0.4) is 0 Å². The van der Waals surface area contributed by atoms with Gasteiger partial charge in [0.1, 0.15) is 24.1 Å². The number of nitrogens with one attached hydrogen (secondary N) is 1. The number of rotatable bonds is 6. The second kappa shape index (κ2) is 10.8. The van der Waals surface area contributed by atoms with Crippen molar-refractivity contribution in [3.63, 3.8) is 0 Å². The van der Waals surface area contributed by atoms with Gasteiger partial charge in [-0.2, -0.15) is 0 Å². The van der Waals surface area contributed by atoms with E-state index in [1.165, 1.54) is 0 Å². The van der Waals surface area contributed by atoms with Gasteiger partial charge in [0.05, 0.1) is 23.8 Å². The SMILES string of the molecule is Cc1ccc2c(c1)C1(OC[C@@H]([C@H](C)[C@H](NC(=O)OCC3c4ccccc4-c4ccccc43)C(=O)O)O1)c1cc(C)ccc1O2. The largest absolute Gasteiger partial charge is 0.480 e. The fourth-order valence-corrected chi connectivity index (χ4v) is 6.67. The number of amides is 1. The lowest BCUT2D eigenvalue weighted by molar-refractivity contribution is -0.158. The van der Waals surface area contributed by atoms with Crippen LogP contribution in [0.4, 0.5) is 4.79 Å². The molecule has 44 heavy (non-hydrogen) atoms. The molecule has 1 aliphatic carbocycles. The lowest BCUT2D eigenvalue weighted by Crippen LogP contribution is -2.49. The van der Waals surface area contributed by atoms with Gasteiger partial charge in [-0.15, -0.1) is 0 Å². The Morgan fingerprint density at radius 3 is 2.05 bits per heavy atom. The van der Waals surface area contributed by atoms with Crippen LogP contribution in [0.2, 0.25) is 0 Å². The smallest absolute Gasteiger partial charge is 0.407 e. The van der Waals surface area contributed by atoms with Gasteiger partial charge < -0.3 is 29.4 Å². The number of carboxylic acid groups (broad SMARTS) is 1. The first kappa shape index (κ1) is 28.1. The molecule has 3 atom stereocenters. The Morgan fingerprint density at radius 1 is 0.909 bits per heavy atom. The van der Waals surface area contributed by atoms with Crippen molar-refractivity contribution in [3.8, 4) is 22.6 Å². The number of fused-ring (bicyclic) bond motifs is 7. The minimum Gasteiger partial charge on any atom is -0.480 e. The summed E-state index contributed by atoms with van der Waals surface area (Å²) in [6.07, 6.45) is -1.45. The van der Waals surface area contributed by atoms with Crippen LogP contribution in [0.5, 0.6) is 11.5 Å². The van der Waals surface area contributed by atoms with Gasteiger partial charge in [-0.05, 0) is 60.4 Å². The number of carbonyl (C=O) groups is 2. The second-order valence-electron chi connectivity index (χ2n) is 11.8.